The third-order valence-electron chi connectivity index (χ3n) is 3.41. The van der Waals surface area contributed by atoms with E-state index in [2.05, 4.69) is 5.32 Å². The van der Waals surface area contributed by atoms with Crippen LogP contribution in [0.15, 0.2) is 34.7 Å². The number of hydrogen-bond donors (Lipinski definition) is 2. The van der Waals surface area contributed by atoms with Crippen molar-refractivity contribution in [1.29, 1.82) is 0 Å². The third-order valence-corrected chi connectivity index (χ3v) is 3.41. The molecule has 1 aliphatic rings. The van der Waals surface area contributed by atoms with Gasteiger partial charge in [0.05, 0.1) is 6.10 Å². The van der Waals surface area contributed by atoms with E-state index in [-0.39, 0.29) is 12.0 Å². The van der Waals surface area contributed by atoms with Crippen LogP contribution < -0.4 is 5.32 Å². The van der Waals surface area contributed by atoms with Gasteiger partial charge in [-0.1, -0.05) is 18.2 Å². The molecule has 1 aliphatic carbocycles. The number of amides is 1. The fourth-order valence-corrected chi connectivity index (χ4v) is 2.29. The van der Waals surface area contributed by atoms with Crippen molar-refractivity contribution in [2.24, 2.45) is 5.92 Å². The van der Waals surface area contributed by atoms with E-state index in [0.29, 0.717) is 18.2 Å². The van der Waals surface area contributed by atoms with Crippen LogP contribution in [0, 0.1) is 5.92 Å². The van der Waals surface area contributed by atoms with Gasteiger partial charge in [0, 0.05) is 11.9 Å². The summed E-state index contributed by atoms with van der Waals surface area (Å²) in [6.07, 6.45) is 1.37. The maximum Gasteiger partial charge on any atom is 0.287 e. The first-order chi connectivity index (χ1) is 8.72. The molecule has 1 amide bonds. The second-order valence-electron chi connectivity index (χ2n) is 4.85. The van der Waals surface area contributed by atoms with Crippen LogP contribution in [0.3, 0.4) is 0 Å². The molecule has 1 aromatic heterocycles. The Bertz CT molecular complexity index is 536. The molecule has 0 spiro atoms. The molecule has 1 saturated carbocycles. The highest BCUT2D eigenvalue weighted by atomic mass is 16.3. The van der Waals surface area contributed by atoms with Gasteiger partial charge in [0.15, 0.2) is 5.76 Å². The third kappa shape index (κ3) is 2.11. The number of para-hydroxylation sites is 1. The zero-order valence-electron chi connectivity index (χ0n) is 9.93. The molecule has 0 bridgehead atoms. The molecule has 1 aromatic carbocycles. The van der Waals surface area contributed by atoms with E-state index in [0.717, 1.165) is 23.8 Å². The van der Waals surface area contributed by atoms with Gasteiger partial charge in [-0.2, -0.15) is 0 Å². The monoisotopic (exact) mass is 245 g/mol. The second kappa shape index (κ2) is 4.46. The zero-order valence-corrected chi connectivity index (χ0v) is 9.93. The van der Waals surface area contributed by atoms with Gasteiger partial charge in [0.1, 0.15) is 5.58 Å². The summed E-state index contributed by atoms with van der Waals surface area (Å²) in [5.41, 5.74) is 0.724. The molecule has 0 radical (unpaired) electrons. The quantitative estimate of drug-likeness (QED) is 0.868. The average Bonchev–Trinajstić information content (AvgIpc) is 2.76. The predicted molar refractivity (Wildman–Crippen MR) is 67.3 cm³/mol. The van der Waals surface area contributed by atoms with Crippen LogP contribution in [0.1, 0.15) is 23.4 Å². The summed E-state index contributed by atoms with van der Waals surface area (Å²) in [7, 11) is 0. The summed E-state index contributed by atoms with van der Waals surface area (Å²) in [6, 6.07) is 9.30. The van der Waals surface area contributed by atoms with E-state index in [1.165, 1.54) is 0 Å². The van der Waals surface area contributed by atoms with Gasteiger partial charge in [-0.25, -0.2) is 0 Å². The molecule has 0 aliphatic heterocycles. The molecule has 3 rings (SSSR count). The number of hydrogen-bond acceptors (Lipinski definition) is 3. The van der Waals surface area contributed by atoms with E-state index >= 15 is 0 Å². The van der Waals surface area contributed by atoms with Gasteiger partial charge in [-0.05, 0) is 30.9 Å². The summed E-state index contributed by atoms with van der Waals surface area (Å²) >= 11 is 0. The van der Waals surface area contributed by atoms with Crippen LogP contribution in [-0.4, -0.2) is 23.7 Å². The number of carbonyl (C=O) groups is 1. The number of carbonyl (C=O) groups excluding carboxylic acids is 1. The van der Waals surface area contributed by atoms with Crippen molar-refractivity contribution in [2.45, 2.75) is 18.9 Å². The lowest BCUT2D eigenvalue weighted by Gasteiger charge is -2.31. The summed E-state index contributed by atoms with van der Waals surface area (Å²) < 4.78 is 5.47. The number of aliphatic hydroxyl groups is 1. The maximum atomic E-state index is 11.9. The Hall–Kier alpha value is -1.81. The van der Waals surface area contributed by atoms with Crippen molar-refractivity contribution in [3.05, 3.63) is 36.1 Å². The molecule has 2 N–H and O–H groups in total. The fourth-order valence-electron chi connectivity index (χ4n) is 2.29. The van der Waals surface area contributed by atoms with Gasteiger partial charge in [-0.15, -0.1) is 0 Å². The Morgan fingerprint density at radius 1 is 1.39 bits per heavy atom. The molecule has 0 unspecified atom stereocenters. The number of aliphatic hydroxyl groups excluding tert-OH is 1. The molecular weight excluding hydrogens is 230 g/mol. The Balaban J connectivity index is 1.64. The highest BCUT2D eigenvalue weighted by Crippen LogP contribution is 2.26. The largest absolute Gasteiger partial charge is 0.451 e. The topological polar surface area (TPSA) is 62.5 Å². The molecule has 0 saturated heterocycles. The van der Waals surface area contributed by atoms with Gasteiger partial charge in [-0.3, -0.25) is 4.79 Å². The highest BCUT2D eigenvalue weighted by molar-refractivity contribution is 5.96. The van der Waals surface area contributed by atoms with Crippen molar-refractivity contribution in [3.8, 4) is 0 Å². The summed E-state index contributed by atoms with van der Waals surface area (Å²) in [5, 5.41) is 12.9. The predicted octanol–water partition coefficient (Wildman–Crippen LogP) is 1.93. The minimum absolute atomic E-state index is 0.182. The molecule has 4 heteroatoms. The van der Waals surface area contributed by atoms with Crippen molar-refractivity contribution in [2.75, 3.05) is 6.54 Å². The zero-order chi connectivity index (χ0) is 12.5. The van der Waals surface area contributed by atoms with Gasteiger partial charge >= 0.3 is 0 Å². The van der Waals surface area contributed by atoms with Crippen LogP contribution in [0.2, 0.25) is 0 Å². The first-order valence-electron chi connectivity index (χ1n) is 6.17. The SMILES string of the molecule is O=C(NCC1CC(O)C1)c1cc2ccccc2o1. The highest BCUT2D eigenvalue weighted by Gasteiger charge is 2.27. The van der Waals surface area contributed by atoms with Crippen LogP contribution >= 0.6 is 0 Å². The van der Waals surface area contributed by atoms with E-state index in [1.807, 2.05) is 24.3 Å². The normalized spacial score (nSPS) is 22.7. The minimum atomic E-state index is -0.187. The van der Waals surface area contributed by atoms with E-state index in [9.17, 15) is 4.79 Å². The molecule has 1 fully saturated rings. The van der Waals surface area contributed by atoms with Gasteiger partial charge < -0.3 is 14.8 Å². The number of fused-ring (bicyclic) bond motifs is 1. The Kier molecular flexibility index (Phi) is 2.80. The Morgan fingerprint density at radius 3 is 2.89 bits per heavy atom. The Morgan fingerprint density at radius 2 is 2.17 bits per heavy atom. The van der Waals surface area contributed by atoms with E-state index in [4.69, 9.17) is 9.52 Å². The summed E-state index contributed by atoms with van der Waals surface area (Å²) in [5.74, 6) is 0.553. The fraction of sp³-hybridized carbons (Fsp3) is 0.357. The average molecular weight is 245 g/mol. The van der Waals surface area contributed by atoms with Gasteiger partial charge in [0.25, 0.3) is 5.91 Å². The van der Waals surface area contributed by atoms with Gasteiger partial charge in [0.2, 0.25) is 0 Å². The molecular formula is C14H15NO3. The van der Waals surface area contributed by atoms with Crippen LogP contribution in [0.4, 0.5) is 0 Å². The first kappa shape index (κ1) is 11.3. The van der Waals surface area contributed by atoms with Crippen molar-refractivity contribution >= 4 is 16.9 Å². The lowest BCUT2D eigenvalue weighted by molar-refractivity contribution is 0.0418. The number of nitrogens with one attached hydrogen (secondary N) is 1. The summed E-state index contributed by atoms with van der Waals surface area (Å²) in [4.78, 5) is 11.9. The van der Waals surface area contributed by atoms with Crippen LogP contribution in [0.5, 0.6) is 0 Å². The minimum Gasteiger partial charge on any atom is -0.451 e. The standard InChI is InChI=1S/C14H15NO3/c16-11-5-9(6-11)8-15-14(17)13-7-10-3-1-2-4-12(10)18-13/h1-4,7,9,11,16H,5-6,8H2,(H,15,17). The van der Waals surface area contributed by atoms with Crippen molar-refractivity contribution < 1.29 is 14.3 Å². The first-order valence-corrected chi connectivity index (χ1v) is 6.17. The smallest absolute Gasteiger partial charge is 0.287 e. The maximum absolute atomic E-state index is 11.9. The lowest BCUT2D eigenvalue weighted by Crippen LogP contribution is -2.38. The number of benzene rings is 1. The molecule has 2 aromatic rings. The number of furan rings is 1. The van der Waals surface area contributed by atoms with E-state index < -0.39 is 0 Å². The number of rotatable bonds is 3. The van der Waals surface area contributed by atoms with E-state index in [1.54, 1.807) is 6.07 Å². The van der Waals surface area contributed by atoms with Crippen LogP contribution in [-0.2, 0) is 0 Å². The molecule has 0 atom stereocenters. The summed E-state index contributed by atoms with van der Waals surface area (Å²) in [6.45, 7) is 0.604. The Labute approximate surface area is 105 Å². The molecule has 4 nitrogen and oxygen atoms in total. The molecule has 1 heterocycles. The molecule has 94 valence electrons. The lowest BCUT2D eigenvalue weighted by atomic mass is 9.82. The second-order valence-corrected chi connectivity index (χ2v) is 4.85. The van der Waals surface area contributed by atoms with Crippen LogP contribution in [0.25, 0.3) is 11.0 Å². The van der Waals surface area contributed by atoms with Crippen molar-refractivity contribution in [1.82, 2.24) is 5.32 Å². The van der Waals surface area contributed by atoms with Crippen molar-refractivity contribution in [3.63, 3.8) is 0 Å². The molecule has 18 heavy (non-hydrogen) atoms.